The molecule has 76 valence electrons. The fourth-order valence-electron chi connectivity index (χ4n) is 0.998. The number of primary amides is 1. The number of amides is 1. The molecule has 0 radical (unpaired) electrons. The quantitative estimate of drug-likeness (QED) is 0.740. The van der Waals surface area contributed by atoms with Gasteiger partial charge < -0.3 is 5.73 Å². The predicted octanol–water partition coefficient (Wildman–Crippen LogP) is 2.00. The molecule has 0 atom stereocenters. The average molecular weight is 207 g/mol. The minimum Gasteiger partial charge on any atom is -0.365 e. The van der Waals surface area contributed by atoms with Crippen molar-refractivity contribution in [2.24, 2.45) is 5.73 Å². The van der Waals surface area contributed by atoms with Crippen LogP contribution >= 0.6 is 0 Å². The van der Waals surface area contributed by atoms with Gasteiger partial charge in [0.25, 0.3) is 12.3 Å². The van der Waals surface area contributed by atoms with E-state index in [1.54, 1.807) is 0 Å². The van der Waals surface area contributed by atoms with Gasteiger partial charge in [-0.05, 0) is 12.1 Å². The lowest BCUT2D eigenvalue weighted by Gasteiger charge is -2.06. The van der Waals surface area contributed by atoms with Crippen LogP contribution < -0.4 is 5.73 Å². The van der Waals surface area contributed by atoms with Gasteiger partial charge in [0, 0.05) is 5.56 Å². The first-order valence-electron chi connectivity index (χ1n) is 3.51. The van der Waals surface area contributed by atoms with Crippen molar-refractivity contribution < 1.29 is 22.4 Å². The van der Waals surface area contributed by atoms with E-state index >= 15 is 0 Å². The summed E-state index contributed by atoms with van der Waals surface area (Å²) in [5.74, 6) is -4.45. The zero-order chi connectivity index (χ0) is 10.9. The van der Waals surface area contributed by atoms with Crippen LogP contribution in [0.25, 0.3) is 0 Å². The highest BCUT2D eigenvalue weighted by atomic mass is 19.3. The van der Waals surface area contributed by atoms with E-state index in [0.29, 0.717) is 12.1 Å². The second kappa shape index (κ2) is 3.65. The van der Waals surface area contributed by atoms with Crippen molar-refractivity contribution in [3.05, 3.63) is 34.9 Å². The van der Waals surface area contributed by atoms with Gasteiger partial charge in [0.1, 0.15) is 0 Å². The van der Waals surface area contributed by atoms with Gasteiger partial charge in [0.05, 0.1) is 5.56 Å². The molecule has 0 aliphatic carbocycles. The summed E-state index contributed by atoms with van der Waals surface area (Å²) in [5, 5.41) is 0. The molecule has 1 aromatic rings. The molecule has 0 aliphatic heterocycles. The Morgan fingerprint density at radius 2 is 1.86 bits per heavy atom. The predicted molar refractivity (Wildman–Crippen MR) is 39.8 cm³/mol. The Kier molecular flexibility index (Phi) is 2.73. The van der Waals surface area contributed by atoms with Crippen molar-refractivity contribution in [3.8, 4) is 0 Å². The highest BCUT2D eigenvalue weighted by molar-refractivity contribution is 5.94. The Hall–Kier alpha value is -1.59. The first-order valence-corrected chi connectivity index (χ1v) is 3.51. The Balaban J connectivity index is 3.45. The van der Waals surface area contributed by atoms with Crippen LogP contribution in [0.5, 0.6) is 0 Å². The standard InChI is InChI=1S/C8H5F4NO/c9-4-2-1-3(7(11)12)5(6(4)10)8(13)14/h1-2,7H,(H2,13,14). The maximum atomic E-state index is 12.9. The summed E-state index contributed by atoms with van der Waals surface area (Å²) in [6.07, 6.45) is -3.08. The molecule has 1 amide bonds. The van der Waals surface area contributed by atoms with E-state index in [9.17, 15) is 22.4 Å². The molecule has 0 unspecified atom stereocenters. The van der Waals surface area contributed by atoms with Gasteiger partial charge in [-0.15, -0.1) is 0 Å². The number of carbonyl (C=O) groups is 1. The summed E-state index contributed by atoms with van der Waals surface area (Å²) in [7, 11) is 0. The van der Waals surface area contributed by atoms with Crippen LogP contribution in [0.1, 0.15) is 22.3 Å². The second-order valence-corrected chi connectivity index (χ2v) is 2.49. The van der Waals surface area contributed by atoms with E-state index in [-0.39, 0.29) is 0 Å². The number of hydrogen-bond donors (Lipinski definition) is 1. The van der Waals surface area contributed by atoms with Crippen LogP contribution in [0, 0.1) is 11.6 Å². The van der Waals surface area contributed by atoms with Gasteiger partial charge in [-0.3, -0.25) is 4.79 Å². The Morgan fingerprint density at radius 3 is 2.29 bits per heavy atom. The lowest BCUT2D eigenvalue weighted by atomic mass is 10.1. The van der Waals surface area contributed by atoms with Crippen LogP contribution in [-0.4, -0.2) is 5.91 Å². The summed E-state index contributed by atoms with van der Waals surface area (Å²) in [6.45, 7) is 0. The average Bonchev–Trinajstić information content (AvgIpc) is 2.08. The SMILES string of the molecule is NC(=O)c1c(C(F)F)ccc(F)c1F. The highest BCUT2D eigenvalue weighted by Crippen LogP contribution is 2.25. The van der Waals surface area contributed by atoms with Crippen molar-refractivity contribution in [1.82, 2.24) is 0 Å². The minimum atomic E-state index is -3.08. The van der Waals surface area contributed by atoms with E-state index in [1.807, 2.05) is 0 Å². The summed E-state index contributed by atoms with van der Waals surface area (Å²) in [4.78, 5) is 10.6. The number of carbonyl (C=O) groups excluding carboxylic acids is 1. The van der Waals surface area contributed by atoms with Gasteiger partial charge in [-0.25, -0.2) is 17.6 Å². The van der Waals surface area contributed by atoms with Crippen molar-refractivity contribution in [2.45, 2.75) is 6.43 Å². The summed E-state index contributed by atoms with van der Waals surface area (Å²) >= 11 is 0. The molecule has 2 nitrogen and oxygen atoms in total. The Morgan fingerprint density at radius 1 is 1.29 bits per heavy atom. The lowest BCUT2D eigenvalue weighted by molar-refractivity contribution is 0.0979. The molecular weight excluding hydrogens is 202 g/mol. The van der Waals surface area contributed by atoms with Crippen LogP contribution in [0.4, 0.5) is 17.6 Å². The molecule has 0 saturated carbocycles. The molecule has 0 bridgehead atoms. The van der Waals surface area contributed by atoms with Crippen molar-refractivity contribution in [2.75, 3.05) is 0 Å². The van der Waals surface area contributed by atoms with Gasteiger partial charge in [0.15, 0.2) is 11.6 Å². The molecule has 1 rings (SSSR count). The third kappa shape index (κ3) is 1.68. The third-order valence-corrected chi connectivity index (χ3v) is 1.61. The monoisotopic (exact) mass is 207 g/mol. The van der Waals surface area contributed by atoms with E-state index in [1.165, 1.54) is 0 Å². The van der Waals surface area contributed by atoms with Crippen molar-refractivity contribution in [3.63, 3.8) is 0 Å². The Bertz CT molecular complexity index is 378. The zero-order valence-corrected chi connectivity index (χ0v) is 6.73. The molecule has 6 heteroatoms. The van der Waals surface area contributed by atoms with Gasteiger partial charge in [-0.2, -0.15) is 0 Å². The molecular formula is C8H5F4NO. The van der Waals surface area contributed by atoms with E-state index in [4.69, 9.17) is 0 Å². The molecule has 14 heavy (non-hydrogen) atoms. The van der Waals surface area contributed by atoms with Crippen LogP contribution in [-0.2, 0) is 0 Å². The molecule has 0 spiro atoms. The largest absolute Gasteiger partial charge is 0.365 e. The van der Waals surface area contributed by atoms with Gasteiger partial charge in [0.2, 0.25) is 0 Å². The Labute approximate surface area is 76.3 Å². The van der Waals surface area contributed by atoms with Crippen molar-refractivity contribution in [1.29, 1.82) is 0 Å². The number of hydrogen-bond acceptors (Lipinski definition) is 1. The van der Waals surface area contributed by atoms with Crippen LogP contribution in [0.15, 0.2) is 12.1 Å². The molecule has 0 saturated heterocycles. The topological polar surface area (TPSA) is 43.1 Å². The lowest BCUT2D eigenvalue weighted by Crippen LogP contribution is -2.17. The van der Waals surface area contributed by atoms with E-state index < -0.39 is 35.1 Å². The number of benzene rings is 1. The van der Waals surface area contributed by atoms with Crippen LogP contribution in [0.3, 0.4) is 0 Å². The molecule has 1 aromatic carbocycles. The third-order valence-electron chi connectivity index (χ3n) is 1.61. The second-order valence-electron chi connectivity index (χ2n) is 2.49. The van der Waals surface area contributed by atoms with Gasteiger partial charge in [-0.1, -0.05) is 0 Å². The first kappa shape index (κ1) is 10.5. The molecule has 0 fully saturated rings. The van der Waals surface area contributed by atoms with Gasteiger partial charge >= 0.3 is 0 Å². The number of halogens is 4. The summed E-state index contributed by atoms with van der Waals surface area (Å²) in [5.41, 5.74) is 2.64. The number of nitrogens with two attached hydrogens (primary N) is 1. The normalized spacial score (nSPS) is 10.6. The number of alkyl halides is 2. The highest BCUT2D eigenvalue weighted by Gasteiger charge is 2.23. The van der Waals surface area contributed by atoms with E-state index in [2.05, 4.69) is 5.73 Å². The number of rotatable bonds is 2. The first-order chi connectivity index (χ1) is 6.45. The minimum absolute atomic E-state index is 0.517. The molecule has 2 N–H and O–H groups in total. The maximum absolute atomic E-state index is 12.9. The summed E-state index contributed by atoms with van der Waals surface area (Å²) < 4.78 is 49.8. The smallest absolute Gasteiger partial charge is 0.264 e. The maximum Gasteiger partial charge on any atom is 0.264 e. The molecule has 0 aliphatic rings. The molecule has 0 aromatic heterocycles. The molecule has 0 heterocycles. The fourth-order valence-corrected chi connectivity index (χ4v) is 0.998. The fraction of sp³-hybridized carbons (Fsp3) is 0.125. The van der Waals surface area contributed by atoms with Crippen molar-refractivity contribution >= 4 is 5.91 Å². The zero-order valence-electron chi connectivity index (χ0n) is 6.73. The van der Waals surface area contributed by atoms with E-state index in [0.717, 1.165) is 0 Å². The summed E-state index contributed by atoms with van der Waals surface area (Å²) in [6, 6.07) is 1.15. The van der Waals surface area contributed by atoms with Crippen LogP contribution in [0.2, 0.25) is 0 Å².